The number of fused-ring (bicyclic) bond motifs is 1. The first kappa shape index (κ1) is 17.5. The summed E-state index contributed by atoms with van der Waals surface area (Å²) >= 11 is 0. The summed E-state index contributed by atoms with van der Waals surface area (Å²) in [6, 6.07) is 6.21. The molecule has 3 aromatic rings. The molecular weight excluding hydrogens is 338 g/mol. The zero-order valence-electron chi connectivity index (χ0n) is 14.9. The van der Waals surface area contributed by atoms with Crippen molar-refractivity contribution in [2.45, 2.75) is 13.0 Å². The normalized spacial score (nSPS) is 12.2. The van der Waals surface area contributed by atoms with Gasteiger partial charge in [-0.3, -0.25) is 18.7 Å². The van der Waals surface area contributed by atoms with Crippen molar-refractivity contribution in [2.75, 3.05) is 12.4 Å². The lowest BCUT2D eigenvalue weighted by Crippen LogP contribution is -2.38. The maximum Gasteiger partial charge on any atom is 0.332 e. The number of ether oxygens (including phenoxy) is 1. The van der Waals surface area contributed by atoms with Crippen molar-refractivity contribution < 1.29 is 9.53 Å². The van der Waals surface area contributed by atoms with E-state index < -0.39 is 17.3 Å². The quantitative estimate of drug-likeness (QED) is 0.739. The summed E-state index contributed by atoms with van der Waals surface area (Å²) in [5.74, 6) is 0.367. The molecule has 0 aliphatic heterocycles. The van der Waals surface area contributed by atoms with Crippen molar-refractivity contribution in [3.8, 4) is 5.75 Å². The minimum Gasteiger partial charge on any atom is -0.497 e. The van der Waals surface area contributed by atoms with Crippen LogP contribution in [-0.4, -0.2) is 31.7 Å². The Balaban J connectivity index is 1.96. The van der Waals surface area contributed by atoms with Crippen LogP contribution in [0.2, 0.25) is 0 Å². The smallest absolute Gasteiger partial charge is 0.332 e. The molecule has 9 nitrogen and oxygen atoms in total. The first-order valence-corrected chi connectivity index (χ1v) is 7.92. The Morgan fingerprint density at radius 3 is 2.42 bits per heavy atom. The number of rotatable bonds is 4. The molecule has 2 heterocycles. The van der Waals surface area contributed by atoms with E-state index in [1.807, 2.05) is 0 Å². The molecule has 9 heteroatoms. The highest BCUT2D eigenvalue weighted by molar-refractivity contribution is 5.94. The fourth-order valence-electron chi connectivity index (χ4n) is 2.71. The summed E-state index contributed by atoms with van der Waals surface area (Å²) < 4.78 is 8.83. The molecule has 0 bridgehead atoms. The standard InChI is InChI=1S/C17H19N5O4/c1-10(15(23)19-11-5-7-12(26-4)8-6-11)22-9-18-14-13(22)16(24)21(3)17(25)20(14)2/h5-10H,1-4H3,(H,19,23). The summed E-state index contributed by atoms with van der Waals surface area (Å²) in [7, 11) is 4.49. The van der Waals surface area contributed by atoms with E-state index in [1.54, 1.807) is 38.3 Å². The molecule has 0 radical (unpaired) electrons. The zero-order chi connectivity index (χ0) is 19.0. The first-order valence-electron chi connectivity index (χ1n) is 7.92. The number of benzene rings is 1. The van der Waals surface area contributed by atoms with Crippen LogP contribution < -0.4 is 21.3 Å². The Hall–Kier alpha value is -3.36. The average molecular weight is 357 g/mol. The molecule has 1 N–H and O–H groups in total. The summed E-state index contributed by atoms with van der Waals surface area (Å²) in [5, 5.41) is 2.79. The lowest BCUT2D eigenvalue weighted by atomic mass is 10.2. The van der Waals surface area contributed by atoms with Crippen molar-refractivity contribution >= 4 is 22.8 Å². The van der Waals surface area contributed by atoms with Gasteiger partial charge in [0.25, 0.3) is 5.56 Å². The van der Waals surface area contributed by atoms with Crippen molar-refractivity contribution in [1.82, 2.24) is 18.7 Å². The van der Waals surface area contributed by atoms with E-state index in [-0.39, 0.29) is 17.1 Å². The predicted molar refractivity (Wildman–Crippen MR) is 96.5 cm³/mol. The van der Waals surface area contributed by atoms with Crippen molar-refractivity contribution in [3.63, 3.8) is 0 Å². The van der Waals surface area contributed by atoms with Crippen LogP contribution in [0.25, 0.3) is 11.2 Å². The molecular formula is C17H19N5O4. The Labute approximate surface area is 148 Å². The number of anilines is 1. The topological polar surface area (TPSA) is 100 Å². The van der Waals surface area contributed by atoms with E-state index in [0.717, 1.165) is 4.57 Å². The van der Waals surface area contributed by atoms with Crippen LogP contribution >= 0.6 is 0 Å². The number of aromatic nitrogens is 4. The number of amides is 1. The fraction of sp³-hybridized carbons (Fsp3) is 0.294. The zero-order valence-corrected chi connectivity index (χ0v) is 14.9. The molecule has 0 aliphatic carbocycles. The molecule has 136 valence electrons. The fourth-order valence-corrected chi connectivity index (χ4v) is 2.71. The number of methoxy groups -OCH3 is 1. The van der Waals surface area contributed by atoms with Gasteiger partial charge in [0.1, 0.15) is 11.8 Å². The van der Waals surface area contributed by atoms with E-state index in [4.69, 9.17) is 4.74 Å². The molecule has 0 saturated carbocycles. The second-order valence-electron chi connectivity index (χ2n) is 5.92. The predicted octanol–water partition coefficient (Wildman–Crippen LogP) is 0.642. The Kier molecular flexibility index (Phi) is 4.37. The second-order valence-corrected chi connectivity index (χ2v) is 5.92. The summed E-state index contributed by atoms with van der Waals surface area (Å²) in [6.07, 6.45) is 1.39. The van der Waals surface area contributed by atoms with Gasteiger partial charge in [0.15, 0.2) is 11.2 Å². The molecule has 3 rings (SSSR count). The lowest BCUT2D eigenvalue weighted by Gasteiger charge is -2.15. The third-order valence-corrected chi connectivity index (χ3v) is 4.33. The van der Waals surface area contributed by atoms with Gasteiger partial charge < -0.3 is 14.6 Å². The highest BCUT2D eigenvalue weighted by Crippen LogP contribution is 2.18. The first-order chi connectivity index (χ1) is 12.3. The molecule has 0 fully saturated rings. The van der Waals surface area contributed by atoms with Gasteiger partial charge in [-0.05, 0) is 31.2 Å². The summed E-state index contributed by atoms with van der Waals surface area (Å²) in [4.78, 5) is 41.2. The SMILES string of the molecule is COc1ccc(NC(=O)C(C)n2cnc3c2c(=O)n(C)c(=O)n3C)cc1. The summed E-state index contributed by atoms with van der Waals surface area (Å²) in [6.45, 7) is 1.66. The second kappa shape index (κ2) is 6.51. The number of carbonyl (C=O) groups is 1. The Bertz CT molecular complexity index is 1090. The molecule has 1 amide bonds. The highest BCUT2D eigenvalue weighted by Gasteiger charge is 2.21. The van der Waals surface area contributed by atoms with E-state index in [1.165, 1.54) is 29.6 Å². The van der Waals surface area contributed by atoms with E-state index in [2.05, 4.69) is 10.3 Å². The number of nitrogens with zero attached hydrogens (tertiary/aromatic N) is 4. The van der Waals surface area contributed by atoms with Crippen LogP contribution in [0.1, 0.15) is 13.0 Å². The maximum atomic E-state index is 12.6. The van der Waals surface area contributed by atoms with Crippen LogP contribution in [0.4, 0.5) is 5.69 Å². The van der Waals surface area contributed by atoms with E-state index >= 15 is 0 Å². The van der Waals surface area contributed by atoms with Crippen LogP contribution in [0.3, 0.4) is 0 Å². The molecule has 0 spiro atoms. The van der Waals surface area contributed by atoms with Gasteiger partial charge in [0.05, 0.1) is 13.4 Å². The van der Waals surface area contributed by atoms with Crippen LogP contribution in [0, 0.1) is 0 Å². The number of hydrogen-bond donors (Lipinski definition) is 1. The summed E-state index contributed by atoms with van der Waals surface area (Å²) in [5.41, 5.74) is 0.0781. The minimum atomic E-state index is -0.702. The maximum absolute atomic E-state index is 12.6. The minimum absolute atomic E-state index is 0.201. The van der Waals surface area contributed by atoms with Crippen molar-refractivity contribution in [2.24, 2.45) is 14.1 Å². The van der Waals surface area contributed by atoms with Crippen LogP contribution in [-0.2, 0) is 18.9 Å². The Morgan fingerprint density at radius 2 is 1.81 bits per heavy atom. The molecule has 26 heavy (non-hydrogen) atoms. The third-order valence-electron chi connectivity index (χ3n) is 4.33. The number of carbonyl (C=O) groups excluding carboxylic acids is 1. The number of hydrogen-bond acceptors (Lipinski definition) is 5. The average Bonchev–Trinajstić information content (AvgIpc) is 3.09. The van der Waals surface area contributed by atoms with Crippen molar-refractivity contribution in [3.05, 3.63) is 51.4 Å². The highest BCUT2D eigenvalue weighted by atomic mass is 16.5. The van der Waals surface area contributed by atoms with Gasteiger partial charge in [0, 0.05) is 19.8 Å². The third kappa shape index (κ3) is 2.77. The lowest BCUT2D eigenvalue weighted by molar-refractivity contribution is -0.118. The largest absolute Gasteiger partial charge is 0.497 e. The van der Waals surface area contributed by atoms with Gasteiger partial charge >= 0.3 is 5.69 Å². The van der Waals surface area contributed by atoms with Crippen LogP contribution in [0.5, 0.6) is 5.75 Å². The molecule has 2 aromatic heterocycles. The van der Waals surface area contributed by atoms with Gasteiger partial charge in [-0.15, -0.1) is 0 Å². The molecule has 1 atom stereocenters. The molecule has 0 aliphatic rings. The van der Waals surface area contributed by atoms with Crippen molar-refractivity contribution in [1.29, 1.82) is 0 Å². The van der Waals surface area contributed by atoms with Gasteiger partial charge in [-0.1, -0.05) is 0 Å². The van der Waals surface area contributed by atoms with Crippen LogP contribution in [0.15, 0.2) is 40.2 Å². The number of imidazole rings is 1. The number of aryl methyl sites for hydroxylation is 1. The molecule has 1 aromatic carbocycles. The van der Waals surface area contributed by atoms with E-state index in [0.29, 0.717) is 11.4 Å². The number of nitrogens with one attached hydrogen (secondary N) is 1. The van der Waals surface area contributed by atoms with Gasteiger partial charge in [0.2, 0.25) is 5.91 Å². The van der Waals surface area contributed by atoms with E-state index in [9.17, 15) is 14.4 Å². The molecule has 1 unspecified atom stereocenters. The Morgan fingerprint density at radius 1 is 1.15 bits per heavy atom. The van der Waals surface area contributed by atoms with Gasteiger partial charge in [-0.25, -0.2) is 9.78 Å². The molecule has 0 saturated heterocycles. The van der Waals surface area contributed by atoms with Gasteiger partial charge in [-0.2, -0.15) is 0 Å². The monoisotopic (exact) mass is 357 g/mol.